The molecule has 0 atom stereocenters. The molecular weight excluding hydrogens is 230 g/mol. The first-order valence-electron chi connectivity index (χ1n) is 5.80. The second kappa shape index (κ2) is 4.64. The minimum atomic E-state index is -0.975. The summed E-state index contributed by atoms with van der Waals surface area (Å²) in [6.07, 6.45) is 1.08. The molecule has 0 aliphatic carbocycles. The van der Waals surface area contributed by atoms with Gasteiger partial charge in [0, 0.05) is 12.2 Å². The summed E-state index contributed by atoms with van der Waals surface area (Å²) in [7, 11) is 0. The molecule has 94 valence electrons. The van der Waals surface area contributed by atoms with Crippen molar-refractivity contribution in [2.24, 2.45) is 0 Å². The van der Waals surface area contributed by atoms with Crippen LogP contribution in [0.1, 0.15) is 29.3 Å². The van der Waals surface area contributed by atoms with Crippen molar-refractivity contribution in [3.63, 3.8) is 0 Å². The van der Waals surface area contributed by atoms with E-state index in [1.165, 1.54) is 6.07 Å². The second-order valence-electron chi connectivity index (χ2n) is 4.58. The van der Waals surface area contributed by atoms with Crippen molar-refractivity contribution in [1.29, 1.82) is 0 Å². The third kappa shape index (κ3) is 2.27. The molecule has 0 bridgehead atoms. The Morgan fingerprint density at radius 1 is 1.50 bits per heavy atom. The van der Waals surface area contributed by atoms with E-state index in [1.54, 1.807) is 17.0 Å². The minimum Gasteiger partial charge on any atom is -0.478 e. The Labute approximate surface area is 106 Å². The average Bonchev–Trinajstić information content (AvgIpc) is 2.60. The molecule has 4 heteroatoms. The van der Waals surface area contributed by atoms with E-state index in [2.05, 4.69) is 6.58 Å². The van der Waals surface area contributed by atoms with Crippen molar-refractivity contribution >= 4 is 17.6 Å². The van der Waals surface area contributed by atoms with E-state index in [0.29, 0.717) is 13.0 Å². The van der Waals surface area contributed by atoms with Gasteiger partial charge in [-0.3, -0.25) is 4.79 Å². The molecule has 1 aliphatic heterocycles. The van der Waals surface area contributed by atoms with Gasteiger partial charge in [-0.2, -0.15) is 0 Å². The number of hydrogen-bond donors (Lipinski definition) is 1. The monoisotopic (exact) mass is 245 g/mol. The highest BCUT2D eigenvalue weighted by atomic mass is 16.4. The van der Waals surface area contributed by atoms with Gasteiger partial charge in [-0.1, -0.05) is 11.6 Å². The Morgan fingerprint density at radius 2 is 2.22 bits per heavy atom. The Balaban J connectivity index is 2.30. The number of benzene rings is 1. The van der Waals surface area contributed by atoms with Crippen LogP contribution in [0.3, 0.4) is 0 Å². The van der Waals surface area contributed by atoms with Gasteiger partial charge in [0.25, 0.3) is 0 Å². The fourth-order valence-corrected chi connectivity index (χ4v) is 2.04. The van der Waals surface area contributed by atoms with Gasteiger partial charge < -0.3 is 10.0 Å². The third-order valence-electron chi connectivity index (χ3n) is 3.03. The number of carboxylic acids is 1. The molecule has 0 saturated heterocycles. The normalized spacial score (nSPS) is 13.6. The number of hydrogen-bond acceptors (Lipinski definition) is 2. The number of nitrogens with zero attached hydrogens (tertiary/aromatic N) is 1. The van der Waals surface area contributed by atoms with Gasteiger partial charge in [-0.25, -0.2) is 4.79 Å². The highest BCUT2D eigenvalue weighted by molar-refractivity contribution is 6.03. The molecular formula is C14H15NO3. The van der Waals surface area contributed by atoms with E-state index < -0.39 is 5.97 Å². The van der Waals surface area contributed by atoms with E-state index in [0.717, 1.165) is 23.2 Å². The van der Waals surface area contributed by atoms with Crippen LogP contribution in [0.4, 0.5) is 5.69 Å². The van der Waals surface area contributed by atoms with E-state index in [1.807, 2.05) is 6.92 Å². The summed E-state index contributed by atoms with van der Waals surface area (Å²) in [5.74, 6) is -0.953. The van der Waals surface area contributed by atoms with Crippen molar-refractivity contribution in [1.82, 2.24) is 0 Å². The summed E-state index contributed by atoms with van der Waals surface area (Å²) in [4.78, 5) is 24.5. The molecule has 0 unspecified atom stereocenters. The Kier molecular flexibility index (Phi) is 3.19. The predicted octanol–water partition coefficient (Wildman–Crippen LogP) is 2.24. The zero-order valence-electron chi connectivity index (χ0n) is 10.3. The molecule has 0 fully saturated rings. The summed E-state index contributed by atoms with van der Waals surface area (Å²) in [5.41, 5.74) is 2.84. The van der Waals surface area contributed by atoms with E-state index >= 15 is 0 Å². The summed E-state index contributed by atoms with van der Waals surface area (Å²) in [6, 6.07) is 4.83. The lowest BCUT2D eigenvalue weighted by molar-refractivity contribution is -0.117. The first kappa shape index (κ1) is 12.4. The van der Waals surface area contributed by atoms with E-state index in [4.69, 9.17) is 5.11 Å². The molecule has 1 aromatic rings. The Bertz CT molecular complexity index is 534. The second-order valence-corrected chi connectivity index (χ2v) is 4.58. The highest BCUT2D eigenvalue weighted by Crippen LogP contribution is 2.30. The molecule has 1 heterocycles. The van der Waals surface area contributed by atoms with Gasteiger partial charge >= 0.3 is 5.97 Å². The summed E-state index contributed by atoms with van der Waals surface area (Å²) >= 11 is 0. The van der Waals surface area contributed by atoms with Crippen LogP contribution in [-0.2, 0) is 11.2 Å². The van der Waals surface area contributed by atoms with Gasteiger partial charge in [-0.15, -0.1) is 6.58 Å². The number of carbonyl (C=O) groups excluding carboxylic acids is 1. The van der Waals surface area contributed by atoms with Gasteiger partial charge in [0.2, 0.25) is 5.91 Å². The Morgan fingerprint density at radius 3 is 2.83 bits per heavy atom. The van der Waals surface area contributed by atoms with Crippen molar-refractivity contribution < 1.29 is 14.7 Å². The summed E-state index contributed by atoms with van der Waals surface area (Å²) < 4.78 is 0. The number of rotatable bonds is 4. The van der Waals surface area contributed by atoms with Crippen molar-refractivity contribution in [3.05, 3.63) is 41.5 Å². The molecule has 0 saturated carbocycles. The first-order chi connectivity index (χ1) is 8.49. The van der Waals surface area contributed by atoms with Crippen LogP contribution in [0.25, 0.3) is 0 Å². The fourth-order valence-electron chi connectivity index (χ4n) is 2.04. The standard InChI is InChI=1S/C14H15NO3/c1-9(2)5-6-15-12-7-11(14(17)18)4-3-10(12)8-13(15)16/h3-4,7H,1,5-6,8H2,2H3,(H,17,18). The highest BCUT2D eigenvalue weighted by Gasteiger charge is 2.27. The van der Waals surface area contributed by atoms with Crippen molar-refractivity contribution in [2.75, 3.05) is 11.4 Å². The maximum Gasteiger partial charge on any atom is 0.335 e. The Hall–Kier alpha value is -2.10. The lowest BCUT2D eigenvalue weighted by atomic mass is 10.1. The third-order valence-corrected chi connectivity index (χ3v) is 3.03. The van der Waals surface area contributed by atoms with Crippen LogP contribution in [0, 0.1) is 0 Å². The average molecular weight is 245 g/mol. The fraction of sp³-hybridized carbons (Fsp3) is 0.286. The molecule has 2 rings (SSSR count). The van der Waals surface area contributed by atoms with E-state index in [9.17, 15) is 9.59 Å². The molecule has 0 spiro atoms. The van der Waals surface area contributed by atoms with Gasteiger partial charge in [0.05, 0.1) is 12.0 Å². The number of aromatic carboxylic acids is 1. The van der Waals surface area contributed by atoms with Crippen LogP contribution in [0.15, 0.2) is 30.4 Å². The summed E-state index contributed by atoms with van der Waals surface area (Å²) in [5, 5.41) is 8.97. The molecule has 1 aliphatic rings. The van der Waals surface area contributed by atoms with Crippen LogP contribution in [0.2, 0.25) is 0 Å². The molecule has 1 amide bonds. The maximum absolute atomic E-state index is 11.9. The number of carboxylic acid groups (broad SMARTS) is 1. The number of fused-ring (bicyclic) bond motifs is 1. The van der Waals surface area contributed by atoms with Crippen LogP contribution in [-0.4, -0.2) is 23.5 Å². The van der Waals surface area contributed by atoms with Crippen LogP contribution >= 0.6 is 0 Å². The van der Waals surface area contributed by atoms with Gasteiger partial charge in [0.1, 0.15) is 0 Å². The zero-order valence-corrected chi connectivity index (χ0v) is 10.3. The van der Waals surface area contributed by atoms with Crippen molar-refractivity contribution in [2.45, 2.75) is 19.8 Å². The van der Waals surface area contributed by atoms with Crippen LogP contribution < -0.4 is 4.90 Å². The first-order valence-corrected chi connectivity index (χ1v) is 5.80. The number of anilines is 1. The molecule has 1 N–H and O–H groups in total. The summed E-state index contributed by atoms with van der Waals surface area (Å²) in [6.45, 7) is 6.28. The zero-order chi connectivity index (χ0) is 13.3. The van der Waals surface area contributed by atoms with Crippen LogP contribution in [0.5, 0.6) is 0 Å². The maximum atomic E-state index is 11.9. The lowest BCUT2D eigenvalue weighted by Crippen LogP contribution is -2.27. The van der Waals surface area contributed by atoms with E-state index in [-0.39, 0.29) is 11.5 Å². The minimum absolute atomic E-state index is 0.0220. The number of carbonyl (C=O) groups is 2. The predicted molar refractivity (Wildman–Crippen MR) is 68.9 cm³/mol. The van der Waals surface area contributed by atoms with Crippen molar-refractivity contribution in [3.8, 4) is 0 Å². The number of amides is 1. The molecule has 0 aromatic heterocycles. The topological polar surface area (TPSA) is 57.6 Å². The SMILES string of the molecule is C=C(C)CCN1C(=O)Cc2ccc(C(=O)O)cc21. The quantitative estimate of drug-likeness (QED) is 0.828. The molecule has 0 radical (unpaired) electrons. The van der Waals surface area contributed by atoms with Gasteiger partial charge in [-0.05, 0) is 31.0 Å². The molecule has 1 aromatic carbocycles. The molecule has 18 heavy (non-hydrogen) atoms. The largest absolute Gasteiger partial charge is 0.478 e. The molecule has 4 nitrogen and oxygen atoms in total. The smallest absolute Gasteiger partial charge is 0.335 e. The lowest BCUT2D eigenvalue weighted by Gasteiger charge is -2.17. The van der Waals surface area contributed by atoms with Gasteiger partial charge in [0.15, 0.2) is 0 Å².